The second kappa shape index (κ2) is 6.63. The summed E-state index contributed by atoms with van der Waals surface area (Å²) in [5.41, 5.74) is 0.865. The molecule has 2 aromatic heterocycles. The molecule has 0 amide bonds. The Morgan fingerprint density at radius 1 is 1.17 bits per heavy atom. The van der Waals surface area contributed by atoms with E-state index < -0.39 is 11.8 Å². The van der Waals surface area contributed by atoms with E-state index in [1.165, 1.54) is 12.3 Å². The molecular weight excluding hydrogens is 351 g/mol. The van der Waals surface area contributed by atoms with Crippen molar-refractivity contribution in [3.8, 4) is 5.75 Å². The molecule has 0 bridgehead atoms. The molecule has 3 aromatic rings. The molecule has 24 heavy (non-hydrogen) atoms. The number of nitrogens with one attached hydrogen (secondary N) is 1. The summed E-state index contributed by atoms with van der Waals surface area (Å²) in [6.45, 7) is 1.67. The van der Waals surface area contributed by atoms with Gasteiger partial charge in [0.15, 0.2) is 5.75 Å². The van der Waals surface area contributed by atoms with E-state index in [0.29, 0.717) is 20.9 Å². The fourth-order valence-corrected chi connectivity index (χ4v) is 2.58. The number of halogens is 2. The third kappa shape index (κ3) is 3.13. The van der Waals surface area contributed by atoms with Crippen molar-refractivity contribution in [1.29, 1.82) is 0 Å². The normalized spacial score (nSPS) is 10.8. The van der Waals surface area contributed by atoms with Gasteiger partial charge in [-0.05, 0) is 30.3 Å². The van der Waals surface area contributed by atoms with Crippen molar-refractivity contribution >= 4 is 45.9 Å². The zero-order valence-corrected chi connectivity index (χ0v) is 14.1. The average molecular weight is 363 g/mol. The molecule has 0 saturated carbocycles. The van der Waals surface area contributed by atoms with Gasteiger partial charge in [-0.25, -0.2) is 0 Å². The highest BCUT2D eigenvalue weighted by atomic mass is 35.5. The highest BCUT2D eigenvalue weighted by Crippen LogP contribution is 2.33. The van der Waals surface area contributed by atoms with Crippen LogP contribution in [0.25, 0.3) is 10.9 Å². The summed E-state index contributed by atoms with van der Waals surface area (Å²) in [6, 6.07) is 8.03. The second-order valence-electron chi connectivity index (χ2n) is 5.04. The quantitative estimate of drug-likeness (QED) is 0.550. The van der Waals surface area contributed by atoms with Crippen LogP contribution in [-0.2, 0) is 4.79 Å². The molecule has 0 unspecified atom stereocenters. The van der Waals surface area contributed by atoms with Gasteiger partial charge in [-0.3, -0.25) is 14.6 Å². The summed E-state index contributed by atoms with van der Waals surface area (Å²) in [5.74, 6) is -0.706. The minimum absolute atomic E-state index is 0.129. The van der Waals surface area contributed by atoms with Gasteiger partial charge in [-0.1, -0.05) is 30.1 Å². The van der Waals surface area contributed by atoms with E-state index in [1.54, 1.807) is 31.2 Å². The fraction of sp³-hybridized carbons (Fsp3) is 0.118. The molecule has 122 valence electrons. The maximum atomic E-state index is 12.8. The molecule has 0 aliphatic carbocycles. The predicted octanol–water partition coefficient (Wildman–Crippen LogP) is 4.42. The van der Waals surface area contributed by atoms with Crippen molar-refractivity contribution in [2.75, 3.05) is 0 Å². The smallest absolute Gasteiger partial charge is 0.310 e. The number of nitrogens with zero attached hydrogens (tertiary/aromatic N) is 1. The van der Waals surface area contributed by atoms with Gasteiger partial charge in [0.25, 0.3) is 0 Å². The van der Waals surface area contributed by atoms with Crippen LogP contribution in [0.15, 0.2) is 36.5 Å². The van der Waals surface area contributed by atoms with E-state index in [0.717, 1.165) is 0 Å². The van der Waals surface area contributed by atoms with E-state index in [4.69, 9.17) is 27.9 Å². The summed E-state index contributed by atoms with van der Waals surface area (Å²) in [5, 5.41) is 1.48. The van der Waals surface area contributed by atoms with Gasteiger partial charge in [0.2, 0.25) is 5.78 Å². The zero-order valence-electron chi connectivity index (χ0n) is 12.6. The minimum Gasteiger partial charge on any atom is -0.423 e. The van der Waals surface area contributed by atoms with E-state index in [1.807, 2.05) is 0 Å². The van der Waals surface area contributed by atoms with Crippen molar-refractivity contribution in [2.45, 2.75) is 13.3 Å². The number of aromatic amines is 1. The Bertz CT molecular complexity index is 950. The maximum Gasteiger partial charge on any atom is 0.310 e. The Labute approximate surface area is 147 Å². The molecule has 1 aromatic carbocycles. The summed E-state index contributed by atoms with van der Waals surface area (Å²) in [6.07, 6.45) is 1.62. The minimum atomic E-state index is -0.445. The SMILES string of the molecule is CCC(=O)Oc1c(C(=O)c2cc(Cl)ccn2)[nH]c2cc(Cl)ccc12. The van der Waals surface area contributed by atoms with Crippen LogP contribution in [0.2, 0.25) is 10.0 Å². The number of benzene rings is 1. The van der Waals surface area contributed by atoms with Crippen LogP contribution in [0.3, 0.4) is 0 Å². The molecule has 0 saturated heterocycles. The van der Waals surface area contributed by atoms with Gasteiger partial charge in [0.1, 0.15) is 11.4 Å². The van der Waals surface area contributed by atoms with Crippen molar-refractivity contribution in [2.24, 2.45) is 0 Å². The van der Waals surface area contributed by atoms with Crippen molar-refractivity contribution < 1.29 is 14.3 Å². The largest absolute Gasteiger partial charge is 0.423 e. The number of hydrogen-bond acceptors (Lipinski definition) is 4. The van der Waals surface area contributed by atoms with Crippen LogP contribution in [0.4, 0.5) is 0 Å². The number of H-pyrrole nitrogens is 1. The molecule has 5 nitrogen and oxygen atoms in total. The van der Waals surface area contributed by atoms with Crippen LogP contribution < -0.4 is 4.74 Å². The highest BCUT2D eigenvalue weighted by molar-refractivity contribution is 6.31. The molecular formula is C17H12Cl2N2O3. The number of aromatic nitrogens is 2. The average Bonchev–Trinajstić information content (AvgIpc) is 2.91. The third-order valence-corrected chi connectivity index (χ3v) is 3.87. The Kier molecular flexibility index (Phi) is 4.55. The first kappa shape index (κ1) is 16.5. The number of ether oxygens (including phenoxy) is 1. The summed E-state index contributed by atoms with van der Waals surface area (Å²) in [7, 11) is 0. The molecule has 1 N–H and O–H groups in total. The summed E-state index contributed by atoms with van der Waals surface area (Å²) in [4.78, 5) is 31.5. The molecule has 7 heteroatoms. The number of carbonyl (C=O) groups is 2. The van der Waals surface area contributed by atoms with Gasteiger partial charge in [-0.15, -0.1) is 0 Å². The van der Waals surface area contributed by atoms with E-state index in [9.17, 15) is 9.59 Å². The molecule has 0 aliphatic rings. The Balaban J connectivity index is 2.16. The first-order chi connectivity index (χ1) is 11.5. The lowest BCUT2D eigenvalue weighted by Gasteiger charge is -2.05. The zero-order chi connectivity index (χ0) is 17.3. The van der Waals surface area contributed by atoms with Crippen molar-refractivity contribution in [1.82, 2.24) is 9.97 Å². The number of fused-ring (bicyclic) bond motifs is 1. The molecule has 2 heterocycles. The number of esters is 1. The fourth-order valence-electron chi connectivity index (χ4n) is 2.25. The Morgan fingerprint density at radius 3 is 2.62 bits per heavy atom. The van der Waals surface area contributed by atoms with Crippen LogP contribution in [0.1, 0.15) is 29.5 Å². The predicted molar refractivity (Wildman–Crippen MR) is 91.9 cm³/mol. The lowest BCUT2D eigenvalue weighted by Crippen LogP contribution is -2.11. The molecule has 0 atom stereocenters. The topological polar surface area (TPSA) is 72.1 Å². The Hall–Kier alpha value is -2.37. The van der Waals surface area contributed by atoms with Gasteiger partial charge >= 0.3 is 5.97 Å². The highest BCUT2D eigenvalue weighted by Gasteiger charge is 2.23. The number of pyridine rings is 1. The van der Waals surface area contributed by atoms with E-state index in [-0.39, 0.29) is 23.6 Å². The standard InChI is InChI=1S/C17H12Cl2N2O3/c1-2-14(22)24-17-11-4-3-9(18)7-12(11)21-15(17)16(23)13-8-10(19)5-6-20-13/h3-8,21H,2H2,1H3. The van der Waals surface area contributed by atoms with Crippen LogP contribution in [0.5, 0.6) is 5.75 Å². The van der Waals surface area contributed by atoms with Crippen LogP contribution in [-0.4, -0.2) is 21.7 Å². The molecule has 0 radical (unpaired) electrons. The van der Waals surface area contributed by atoms with E-state index >= 15 is 0 Å². The third-order valence-electron chi connectivity index (χ3n) is 3.40. The number of rotatable bonds is 4. The van der Waals surface area contributed by atoms with Gasteiger partial charge in [0, 0.05) is 28.0 Å². The van der Waals surface area contributed by atoms with Gasteiger partial charge < -0.3 is 9.72 Å². The monoisotopic (exact) mass is 362 g/mol. The number of carbonyl (C=O) groups excluding carboxylic acids is 2. The van der Waals surface area contributed by atoms with Gasteiger partial charge in [0.05, 0.1) is 5.52 Å². The van der Waals surface area contributed by atoms with E-state index in [2.05, 4.69) is 9.97 Å². The van der Waals surface area contributed by atoms with Crippen LogP contribution in [0, 0.1) is 0 Å². The summed E-state index contributed by atoms with van der Waals surface area (Å²) >= 11 is 11.9. The second-order valence-corrected chi connectivity index (χ2v) is 5.91. The number of hydrogen-bond donors (Lipinski definition) is 1. The van der Waals surface area contributed by atoms with Crippen molar-refractivity contribution in [3.05, 3.63) is 58.0 Å². The first-order valence-electron chi connectivity index (χ1n) is 7.17. The molecule has 0 aliphatic heterocycles. The maximum absolute atomic E-state index is 12.8. The Morgan fingerprint density at radius 2 is 1.92 bits per heavy atom. The number of ketones is 1. The molecule has 3 rings (SSSR count). The molecule has 0 spiro atoms. The van der Waals surface area contributed by atoms with Gasteiger partial charge in [-0.2, -0.15) is 0 Å². The van der Waals surface area contributed by atoms with Crippen molar-refractivity contribution in [3.63, 3.8) is 0 Å². The lowest BCUT2D eigenvalue weighted by molar-refractivity contribution is -0.133. The molecule has 0 fully saturated rings. The first-order valence-corrected chi connectivity index (χ1v) is 7.93. The van der Waals surface area contributed by atoms with Crippen LogP contribution >= 0.6 is 23.2 Å². The lowest BCUT2D eigenvalue weighted by atomic mass is 10.1. The summed E-state index contributed by atoms with van der Waals surface area (Å²) < 4.78 is 5.37.